The molecule has 0 spiro atoms. The lowest BCUT2D eigenvalue weighted by Gasteiger charge is -2.26. The first-order chi connectivity index (χ1) is 14.5. The minimum Gasteiger partial charge on any atom is -0.311 e. The van der Waals surface area contributed by atoms with Gasteiger partial charge in [-0.3, -0.25) is 4.72 Å². The van der Waals surface area contributed by atoms with Crippen molar-refractivity contribution in [2.45, 2.75) is 64.3 Å². The third kappa shape index (κ3) is 4.62. The van der Waals surface area contributed by atoms with Crippen molar-refractivity contribution in [3.8, 4) is 11.4 Å². The van der Waals surface area contributed by atoms with Crippen molar-refractivity contribution >= 4 is 27.3 Å². The summed E-state index contributed by atoms with van der Waals surface area (Å²) in [6, 6.07) is 11.7. The topological polar surface area (TPSA) is 76.9 Å². The number of halogens is 1. The molecule has 6 nitrogen and oxygen atoms in total. The van der Waals surface area contributed by atoms with Gasteiger partial charge in [-0.25, -0.2) is 8.42 Å². The molecule has 0 radical (unpaired) electrons. The molecule has 0 fully saturated rings. The smallest absolute Gasteiger partial charge is 0.261 e. The quantitative estimate of drug-likeness (QED) is 0.501. The van der Waals surface area contributed by atoms with E-state index < -0.39 is 10.0 Å². The molecule has 0 aliphatic rings. The van der Waals surface area contributed by atoms with Crippen LogP contribution in [0.2, 0.25) is 5.02 Å². The van der Waals surface area contributed by atoms with Crippen molar-refractivity contribution in [3.63, 3.8) is 0 Å². The van der Waals surface area contributed by atoms with Gasteiger partial charge in [0.1, 0.15) is 5.82 Å². The van der Waals surface area contributed by atoms with E-state index in [1.807, 2.05) is 32.3 Å². The van der Waals surface area contributed by atoms with E-state index in [1.165, 1.54) is 0 Å². The van der Waals surface area contributed by atoms with Crippen molar-refractivity contribution in [2.24, 2.45) is 0 Å². The Hall–Kier alpha value is -2.38. The van der Waals surface area contributed by atoms with Crippen LogP contribution in [0.4, 0.5) is 5.69 Å². The molecule has 31 heavy (non-hydrogen) atoms. The standard InChI is InChI=1S/C23H29ClN4O2S/c1-7-28-21(15(2)3)25-26-22(28)19-18(14-13-17(24)20(19)23(4,5)6)27-31(29,30)16-11-9-8-10-12-16/h8-15,27H,7H2,1-6H3. The molecule has 0 aliphatic carbocycles. The molecule has 0 aliphatic heterocycles. The van der Waals surface area contributed by atoms with Crippen molar-refractivity contribution in [2.75, 3.05) is 4.72 Å². The number of rotatable bonds is 6. The summed E-state index contributed by atoms with van der Waals surface area (Å²) in [6.45, 7) is 12.9. The van der Waals surface area contributed by atoms with Crippen LogP contribution in [0.1, 0.15) is 58.8 Å². The first-order valence-electron chi connectivity index (χ1n) is 10.3. The highest BCUT2D eigenvalue weighted by molar-refractivity contribution is 7.92. The molecule has 3 aromatic rings. The minimum absolute atomic E-state index is 0.169. The summed E-state index contributed by atoms with van der Waals surface area (Å²) in [5.74, 6) is 1.61. The number of benzene rings is 2. The van der Waals surface area contributed by atoms with Crippen molar-refractivity contribution in [1.29, 1.82) is 0 Å². The molecular formula is C23H29ClN4O2S. The van der Waals surface area contributed by atoms with Crippen molar-refractivity contribution in [3.05, 3.63) is 58.9 Å². The van der Waals surface area contributed by atoms with Gasteiger partial charge >= 0.3 is 0 Å². The van der Waals surface area contributed by atoms with Crippen LogP contribution >= 0.6 is 11.6 Å². The summed E-state index contributed by atoms with van der Waals surface area (Å²) in [4.78, 5) is 0.188. The number of aromatic nitrogens is 3. The molecule has 0 saturated carbocycles. The molecule has 2 aromatic carbocycles. The van der Waals surface area contributed by atoms with E-state index in [0.29, 0.717) is 28.6 Å². The summed E-state index contributed by atoms with van der Waals surface area (Å²) in [5, 5.41) is 9.44. The molecule has 0 saturated heterocycles. The van der Waals surface area contributed by atoms with Crippen LogP contribution < -0.4 is 4.72 Å². The van der Waals surface area contributed by atoms with Crippen molar-refractivity contribution < 1.29 is 8.42 Å². The van der Waals surface area contributed by atoms with Crippen LogP contribution in [0.3, 0.4) is 0 Å². The average molecular weight is 461 g/mol. The lowest BCUT2D eigenvalue weighted by molar-refractivity contribution is 0.589. The second-order valence-electron chi connectivity index (χ2n) is 8.79. The van der Waals surface area contributed by atoms with Crippen LogP contribution in [0.25, 0.3) is 11.4 Å². The maximum Gasteiger partial charge on any atom is 0.261 e. The average Bonchev–Trinajstić information content (AvgIpc) is 3.12. The molecule has 0 unspecified atom stereocenters. The number of sulfonamides is 1. The predicted molar refractivity (Wildman–Crippen MR) is 126 cm³/mol. The third-order valence-corrected chi connectivity index (χ3v) is 6.73. The highest BCUT2D eigenvalue weighted by Crippen LogP contribution is 2.43. The van der Waals surface area contributed by atoms with E-state index in [2.05, 4.69) is 28.8 Å². The van der Waals surface area contributed by atoms with E-state index >= 15 is 0 Å². The summed E-state index contributed by atoms with van der Waals surface area (Å²) < 4.78 is 31.0. The number of anilines is 1. The molecule has 1 heterocycles. The van der Waals surface area contributed by atoms with Crippen LogP contribution in [0.15, 0.2) is 47.4 Å². The zero-order chi connectivity index (χ0) is 23.0. The van der Waals surface area contributed by atoms with Gasteiger partial charge in [0.05, 0.1) is 10.6 Å². The van der Waals surface area contributed by atoms with Gasteiger partial charge in [-0.05, 0) is 42.2 Å². The Morgan fingerprint density at radius 3 is 2.26 bits per heavy atom. The molecule has 8 heteroatoms. The largest absolute Gasteiger partial charge is 0.311 e. The Bertz CT molecular complexity index is 1180. The second kappa shape index (κ2) is 8.63. The molecular weight excluding hydrogens is 432 g/mol. The van der Waals surface area contributed by atoms with E-state index in [9.17, 15) is 8.42 Å². The molecule has 166 valence electrons. The lowest BCUT2D eigenvalue weighted by atomic mass is 9.82. The summed E-state index contributed by atoms with van der Waals surface area (Å²) in [6.07, 6.45) is 0. The van der Waals surface area contributed by atoms with E-state index in [1.54, 1.807) is 42.5 Å². The van der Waals surface area contributed by atoms with Gasteiger partial charge in [-0.1, -0.05) is 64.4 Å². The van der Waals surface area contributed by atoms with Gasteiger partial charge in [0.25, 0.3) is 10.0 Å². The normalized spacial score (nSPS) is 12.4. The molecule has 1 aromatic heterocycles. The SMILES string of the molecule is CCn1c(-c2c(NS(=O)(=O)c3ccccc3)ccc(Cl)c2C(C)(C)C)nnc1C(C)C. The van der Waals surface area contributed by atoms with Gasteiger partial charge in [-0.2, -0.15) is 0 Å². The maximum atomic E-state index is 13.1. The highest BCUT2D eigenvalue weighted by atomic mass is 35.5. The zero-order valence-electron chi connectivity index (χ0n) is 18.8. The van der Waals surface area contributed by atoms with Crippen molar-refractivity contribution in [1.82, 2.24) is 14.8 Å². The summed E-state index contributed by atoms with van der Waals surface area (Å²) in [5.41, 5.74) is 1.54. The molecule has 0 amide bonds. The zero-order valence-corrected chi connectivity index (χ0v) is 20.3. The van der Waals surface area contributed by atoms with Crippen LogP contribution in [0, 0.1) is 0 Å². The van der Waals surface area contributed by atoms with Gasteiger partial charge in [0.15, 0.2) is 5.82 Å². The first kappa shape index (κ1) is 23.3. The number of hydrogen-bond acceptors (Lipinski definition) is 4. The molecule has 1 N–H and O–H groups in total. The van der Waals surface area contributed by atoms with Gasteiger partial charge in [-0.15, -0.1) is 10.2 Å². The third-order valence-electron chi connectivity index (χ3n) is 5.04. The summed E-state index contributed by atoms with van der Waals surface area (Å²) >= 11 is 6.65. The van der Waals surface area contributed by atoms with Crippen LogP contribution in [0.5, 0.6) is 0 Å². The van der Waals surface area contributed by atoms with Gasteiger partial charge < -0.3 is 4.57 Å². The molecule has 0 atom stereocenters. The Morgan fingerprint density at radius 1 is 1.06 bits per heavy atom. The highest BCUT2D eigenvalue weighted by Gasteiger charge is 2.30. The molecule has 0 bridgehead atoms. The van der Waals surface area contributed by atoms with E-state index in [4.69, 9.17) is 11.6 Å². The number of nitrogens with one attached hydrogen (secondary N) is 1. The fourth-order valence-corrected chi connectivity index (χ4v) is 5.20. The van der Waals surface area contributed by atoms with E-state index in [0.717, 1.165) is 11.4 Å². The Kier molecular flexibility index (Phi) is 6.48. The van der Waals surface area contributed by atoms with Crippen LogP contribution in [-0.2, 0) is 22.0 Å². The number of nitrogens with zero attached hydrogens (tertiary/aromatic N) is 3. The van der Waals surface area contributed by atoms with Gasteiger partial charge in [0, 0.05) is 23.0 Å². The second-order valence-corrected chi connectivity index (χ2v) is 10.9. The fourth-order valence-electron chi connectivity index (χ4n) is 3.67. The number of hydrogen-bond donors (Lipinski definition) is 1. The minimum atomic E-state index is -3.80. The first-order valence-corrected chi connectivity index (χ1v) is 12.2. The Morgan fingerprint density at radius 2 is 1.71 bits per heavy atom. The molecule has 3 rings (SSSR count). The Labute approximate surface area is 189 Å². The van der Waals surface area contributed by atoms with Gasteiger partial charge in [0.2, 0.25) is 0 Å². The van der Waals surface area contributed by atoms with E-state index in [-0.39, 0.29) is 16.2 Å². The Balaban J connectivity index is 2.30. The summed E-state index contributed by atoms with van der Waals surface area (Å²) in [7, 11) is -3.80. The maximum absolute atomic E-state index is 13.1. The monoisotopic (exact) mass is 460 g/mol. The fraction of sp³-hybridized carbons (Fsp3) is 0.391. The van der Waals surface area contributed by atoms with Crippen LogP contribution in [-0.4, -0.2) is 23.2 Å². The predicted octanol–water partition coefficient (Wildman–Crippen LogP) is 5.84. The lowest BCUT2D eigenvalue weighted by Crippen LogP contribution is -2.19.